The fourth-order valence-corrected chi connectivity index (χ4v) is 2.93. The molecule has 2 heterocycles. The van der Waals surface area contributed by atoms with Crippen LogP contribution in [0.4, 0.5) is 5.82 Å². The molecular formula is C15H25N5. The Morgan fingerprint density at radius 2 is 2.30 bits per heavy atom. The summed E-state index contributed by atoms with van der Waals surface area (Å²) in [5, 5.41) is 7.58. The van der Waals surface area contributed by atoms with Crippen molar-refractivity contribution in [3.63, 3.8) is 0 Å². The molecule has 1 aromatic rings. The van der Waals surface area contributed by atoms with Crippen LogP contribution in [0.15, 0.2) is 12.1 Å². The summed E-state index contributed by atoms with van der Waals surface area (Å²) in [7, 11) is 2.07. The highest BCUT2D eigenvalue weighted by atomic mass is 15.2. The summed E-state index contributed by atoms with van der Waals surface area (Å²) in [5.74, 6) is 0.999. The van der Waals surface area contributed by atoms with Crippen LogP contribution in [0.5, 0.6) is 0 Å². The van der Waals surface area contributed by atoms with Gasteiger partial charge in [-0.05, 0) is 45.0 Å². The van der Waals surface area contributed by atoms with Gasteiger partial charge in [0, 0.05) is 30.9 Å². The lowest BCUT2D eigenvalue weighted by molar-refractivity contribution is 0.270. The van der Waals surface area contributed by atoms with Gasteiger partial charge in [0.25, 0.3) is 0 Å². The average Bonchev–Trinajstić information content (AvgIpc) is 2.85. The quantitative estimate of drug-likeness (QED) is 0.632. The summed E-state index contributed by atoms with van der Waals surface area (Å²) in [5.41, 5.74) is 7.24. The van der Waals surface area contributed by atoms with Crippen LogP contribution in [0.1, 0.15) is 31.0 Å². The van der Waals surface area contributed by atoms with Gasteiger partial charge in [-0.2, -0.15) is 0 Å². The molecule has 1 aliphatic rings. The number of likely N-dealkylation sites (N-methyl/N-ethyl adjacent to an activating group) is 2. The van der Waals surface area contributed by atoms with Crippen LogP contribution < -0.4 is 10.6 Å². The van der Waals surface area contributed by atoms with Gasteiger partial charge in [0.2, 0.25) is 0 Å². The van der Waals surface area contributed by atoms with Crippen molar-refractivity contribution in [2.45, 2.75) is 32.7 Å². The molecule has 1 saturated heterocycles. The number of aryl methyl sites for hydroxylation is 1. The van der Waals surface area contributed by atoms with E-state index in [1.807, 2.05) is 19.1 Å². The average molecular weight is 275 g/mol. The van der Waals surface area contributed by atoms with Crippen LogP contribution in [-0.4, -0.2) is 48.4 Å². The van der Waals surface area contributed by atoms with Gasteiger partial charge in [-0.1, -0.05) is 6.92 Å². The molecule has 0 radical (unpaired) electrons. The molecule has 1 unspecified atom stereocenters. The number of hydrogen-bond donors (Lipinski definition) is 2. The fourth-order valence-electron chi connectivity index (χ4n) is 2.93. The van der Waals surface area contributed by atoms with E-state index >= 15 is 0 Å². The van der Waals surface area contributed by atoms with Crippen LogP contribution in [-0.2, 0) is 0 Å². The molecule has 1 aliphatic heterocycles. The Balaban J connectivity index is 2.12. The molecule has 2 rings (SSSR count). The highest BCUT2D eigenvalue weighted by Crippen LogP contribution is 2.20. The molecule has 0 aromatic carbocycles. The Labute approximate surface area is 121 Å². The van der Waals surface area contributed by atoms with Gasteiger partial charge in [0.1, 0.15) is 11.7 Å². The SMILES string of the molecule is CCN1CCCC1CN(C)c1cc(C(=N)N)cc(C)n1. The van der Waals surface area contributed by atoms with E-state index in [-0.39, 0.29) is 5.84 Å². The number of nitrogens with two attached hydrogens (primary N) is 1. The number of aromatic nitrogens is 1. The highest BCUT2D eigenvalue weighted by Gasteiger charge is 2.24. The normalized spacial score (nSPS) is 19.2. The van der Waals surface area contributed by atoms with E-state index in [1.54, 1.807) is 0 Å². The second-order valence-electron chi connectivity index (χ2n) is 5.57. The first-order chi connectivity index (χ1) is 9.51. The number of rotatable bonds is 5. The maximum Gasteiger partial charge on any atom is 0.129 e. The van der Waals surface area contributed by atoms with Crippen LogP contribution >= 0.6 is 0 Å². The van der Waals surface area contributed by atoms with Crippen LogP contribution in [0, 0.1) is 12.3 Å². The van der Waals surface area contributed by atoms with Crippen molar-refractivity contribution in [1.82, 2.24) is 9.88 Å². The number of anilines is 1. The first kappa shape index (κ1) is 14.8. The van der Waals surface area contributed by atoms with Crippen LogP contribution in [0.3, 0.4) is 0 Å². The zero-order chi connectivity index (χ0) is 14.7. The van der Waals surface area contributed by atoms with Crippen molar-refractivity contribution in [3.05, 3.63) is 23.4 Å². The minimum atomic E-state index is 0.0983. The predicted octanol–water partition coefficient (Wildman–Crippen LogP) is 1.59. The Bertz CT molecular complexity index is 485. The van der Waals surface area contributed by atoms with E-state index in [0.29, 0.717) is 6.04 Å². The van der Waals surface area contributed by atoms with Crippen molar-refractivity contribution in [1.29, 1.82) is 5.41 Å². The van der Waals surface area contributed by atoms with Crippen LogP contribution in [0.2, 0.25) is 0 Å². The monoisotopic (exact) mass is 275 g/mol. The molecule has 3 N–H and O–H groups in total. The van der Waals surface area contributed by atoms with E-state index in [1.165, 1.54) is 19.4 Å². The van der Waals surface area contributed by atoms with Crippen molar-refractivity contribution in [2.75, 3.05) is 31.6 Å². The van der Waals surface area contributed by atoms with Crippen LogP contribution in [0.25, 0.3) is 0 Å². The van der Waals surface area contributed by atoms with Gasteiger partial charge in [0.05, 0.1) is 0 Å². The summed E-state index contributed by atoms with van der Waals surface area (Å²) in [6, 6.07) is 4.36. The smallest absolute Gasteiger partial charge is 0.129 e. The molecule has 5 heteroatoms. The Kier molecular flexibility index (Phi) is 4.60. The number of nitrogens with zero attached hydrogens (tertiary/aromatic N) is 3. The maximum atomic E-state index is 7.58. The fraction of sp³-hybridized carbons (Fsp3) is 0.600. The molecule has 1 atom stereocenters. The van der Waals surface area contributed by atoms with Gasteiger partial charge in [-0.3, -0.25) is 10.3 Å². The van der Waals surface area contributed by atoms with Crippen molar-refractivity contribution >= 4 is 11.7 Å². The molecule has 0 amide bonds. The topological polar surface area (TPSA) is 69.2 Å². The number of nitrogens with one attached hydrogen (secondary N) is 1. The molecule has 0 bridgehead atoms. The molecule has 1 fully saturated rings. The third-order valence-corrected chi connectivity index (χ3v) is 4.03. The van der Waals surface area contributed by atoms with E-state index in [4.69, 9.17) is 11.1 Å². The molecule has 0 spiro atoms. The largest absolute Gasteiger partial charge is 0.384 e. The summed E-state index contributed by atoms with van der Waals surface area (Å²) in [6.45, 7) is 7.45. The van der Waals surface area contributed by atoms with E-state index < -0.39 is 0 Å². The molecule has 20 heavy (non-hydrogen) atoms. The van der Waals surface area contributed by atoms with Gasteiger partial charge in [-0.25, -0.2) is 4.98 Å². The van der Waals surface area contributed by atoms with Gasteiger partial charge in [0.15, 0.2) is 0 Å². The van der Waals surface area contributed by atoms with E-state index in [2.05, 4.69) is 28.8 Å². The summed E-state index contributed by atoms with van der Waals surface area (Å²) >= 11 is 0. The van der Waals surface area contributed by atoms with E-state index in [0.717, 1.165) is 30.2 Å². The summed E-state index contributed by atoms with van der Waals surface area (Å²) < 4.78 is 0. The molecule has 110 valence electrons. The zero-order valence-electron chi connectivity index (χ0n) is 12.7. The summed E-state index contributed by atoms with van der Waals surface area (Å²) in [6.07, 6.45) is 2.54. The standard InChI is InChI=1S/C15H25N5/c1-4-20-7-5-6-13(20)10-19(3)14-9-12(15(16)17)8-11(2)18-14/h8-9,13H,4-7,10H2,1-3H3,(H3,16,17). The molecule has 0 aliphatic carbocycles. The number of nitrogen functional groups attached to an aromatic ring is 1. The third-order valence-electron chi connectivity index (χ3n) is 4.03. The third kappa shape index (κ3) is 3.28. The Morgan fingerprint density at radius 1 is 1.55 bits per heavy atom. The number of pyridine rings is 1. The first-order valence-corrected chi connectivity index (χ1v) is 7.29. The molecule has 5 nitrogen and oxygen atoms in total. The number of likely N-dealkylation sites (tertiary alicyclic amines) is 1. The molecule has 0 saturated carbocycles. The Hall–Kier alpha value is -1.62. The second kappa shape index (κ2) is 6.22. The lowest BCUT2D eigenvalue weighted by Gasteiger charge is -2.28. The minimum Gasteiger partial charge on any atom is -0.384 e. The van der Waals surface area contributed by atoms with Crippen molar-refractivity contribution in [3.8, 4) is 0 Å². The van der Waals surface area contributed by atoms with Gasteiger partial charge < -0.3 is 10.6 Å². The Morgan fingerprint density at radius 3 is 2.95 bits per heavy atom. The molecule has 1 aromatic heterocycles. The summed E-state index contributed by atoms with van der Waals surface area (Å²) in [4.78, 5) is 9.27. The lowest BCUT2D eigenvalue weighted by Crippen LogP contribution is -2.39. The predicted molar refractivity (Wildman–Crippen MR) is 83.5 cm³/mol. The zero-order valence-corrected chi connectivity index (χ0v) is 12.7. The van der Waals surface area contributed by atoms with E-state index in [9.17, 15) is 0 Å². The number of amidine groups is 1. The lowest BCUT2D eigenvalue weighted by atomic mass is 10.2. The highest BCUT2D eigenvalue weighted by molar-refractivity contribution is 5.95. The van der Waals surface area contributed by atoms with Crippen molar-refractivity contribution in [2.24, 2.45) is 5.73 Å². The van der Waals surface area contributed by atoms with Gasteiger partial charge >= 0.3 is 0 Å². The minimum absolute atomic E-state index is 0.0983. The second-order valence-corrected chi connectivity index (χ2v) is 5.57. The van der Waals surface area contributed by atoms with Gasteiger partial charge in [-0.15, -0.1) is 0 Å². The maximum absolute atomic E-state index is 7.58. The number of hydrogen-bond acceptors (Lipinski definition) is 4. The first-order valence-electron chi connectivity index (χ1n) is 7.29. The van der Waals surface area contributed by atoms with Crippen molar-refractivity contribution < 1.29 is 0 Å². The molecular weight excluding hydrogens is 250 g/mol.